The van der Waals surface area contributed by atoms with Gasteiger partial charge in [0.15, 0.2) is 0 Å². The van der Waals surface area contributed by atoms with Gasteiger partial charge < -0.3 is 15.3 Å². The first-order valence-electron chi connectivity index (χ1n) is 5.23. The lowest BCUT2D eigenvalue weighted by Gasteiger charge is -2.22. The van der Waals surface area contributed by atoms with Crippen LogP contribution < -0.4 is 0 Å². The van der Waals surface area contributed by atoms with Crippen LogP contribution in [0.4, 0.5) is 0 Å². The van der Waals surface area contributed by atoms with Crippen LogP contribution in [0.25, 0.3) is 0 Å². The highest BCUT2D eigenvalue weighted by molar-refractivity contribution is 7.80. The average Bonchev–Trinajstić information content (AvgIpc) is 2.29. The number of carbonyl (C=O) groups is 1. The molecule has 1 unspecified atom stereocenters. The fraction of sp³-hybridized carbons (Fsp3) is 0.417. The number of hydrogen-bond acceptors (Lipinski definition) is 5. The van der Waals surface area contributed by atoms with Gasteiger partial charge in [0.25, 0.3) is 0 Å². The summed E-state index contributed by atoms with van der Waals surface area (Å²) in [5.74, 6) is -0.845. The lowest BCUT2D eigenvalue weighted by Crippen LogP contribution is -2.30. The number of rotatable bonds is 4. The van der Waals surface area contributed by atoms with E-state index in [9.17, 15) is 20.1 Å². The van der Waals surface area contributed by atoms with Gasteiger partial charge >= 0.3 is 0 Å². The van der Waals surface area contributed by atoms with Crippen molar-refractivity contribution in [3.63, 3.8) is 0 Å². The number of benzene rings is 1. The molecule has 0 aromatic heterocycles. The number of Topliss-reactive ketones (excluding diaryl/α,β-unsaturated/α-hetero) is 1. The Hall–Kier alpha value is -1.04. The molecule has 0 aliphatic rings. The van der Waals surface area contributed by atoms with Crippen LogP contribution in [0, 0.1) is 5.92 Å². The van der Waals surface area contributed by atoms with Crippen molar-refractivity contribution in [2.45, 2.75) is 31.0 Å². The van der Waals surface area contributed by atoms with Crippen LogP contribution >= 0.6 is 12.6 Å². The molecule has 3 atom stereocenters. The van der Waals surface area contributed by atoms with E-state index < -0.39 is 18.1 Å². The number of thiol groups is 1. The minimum Gasteiger partial charge on any atom is -0.507 e. The molecule has 0 heterocycles. The van der Waals surface area contributed by atoms with Crippen molar-refractivity contribution in [2.24, 2.45) is 5.92 Å². The molecule has 0 saturated carbocycles. The van der Waals surface area contributed by atoms with Gasteiger partial charge in [0.05, 0.1) is 6.10 Å². The van der Waals surface area contributed by atoms with Crippen molar-refractivity contribution < 1.29 is 20.1 Å². The number of aromatic hydroxyl groups is 1. The minimum absolute atomic E-state index is 0.00149. The third-order valence-electron chi connectivity index (χ3n) is 2.82. The number of carbonyl (C=O) groups excluding carboxylic acids is 1. The summed E-state index contributed by atoms with van der Waals surface area (Å²) < 4.78 is 0. The van der Waals surface area contributed by atoms with E-state index in [0.29, 0.717) is 10.5 Å². The van der Waals surface area contributed by atoms with Crippen LogP contribution in [0.2, 0.25) is 0 Å². The number of aliphatic hydroxyl groups is 2. The predicted molar refractivity (Wildman–Crippen MR) is 66.2 cm³/mol. The molecule has 1 aromatic carbocycles. The zero-order valence-electron chi connectivity index (χ0n) is 9.66. The molecule has 0 aliphatic carbocycles. The highest BCUT2D eigenvalue weighted by Crippen LogP contribution is 2.28. The van der Waals surface area contributed by atoms with Gasteiger partial charge in [-0.3, -0.25) is 4.79 Å². The fourth-order valence-electron chi connectivity index (χ4n) is 1.44. The molecule has 0 radical (unpaired) electrons. The Balaban J connectivity index is 2.92. The Morgan fingerprint density at radius 2 is 1.94 bits per heavy atom. The Labute approximate surface area is 105 Å². The second kappa shape index (κ2) is 5.53. The zero-order valence-corrected chi connectivity index (χ0v) is 10.6. The van der Waals surface area contributed by atoms with Crippen LogP contribution in [0.3, 0.4) is 0 Å². The van der Waals surface area contributed by atoms with E-state index in [4.69, 9.17) is 0 Å². The summed E-state index contributed by atoms with van der Waals surface area (Å²) in [6, 6.07) is 4.32. The van der Waals surface area contributed by atoms with E-state index in [1.807, 2.05) is 0 Å². The van der Waals surface area contributed by atoms with Gasteiger partial charge in [0, 0.05) is 10.8 Å². The third kappa shape index (κ3) is 3.21. The van der Waals surface area contributed by atoms with Gasteiger partial charge in [0.2, 0.25) is 0 Å². The molecule has 0 bridgehead atoms. The number of aliphatic hydroxyl groups excluding tert-OH is 2. The minimum atomic E-state index is -1.18. The Morgan fingerprint density at radius 1 is 1.35 bits per heavy atom. The Bertz CT molecular complexity index is 419. The predicted octanol–water partition coefficient (Wildman–Crippen LogP) is 1.30. The fourth-order valence-corrected chi connectivity index (χ4v) is 1.66. The first-order chi connectivity index (χ1) is 7.84. The SMILES string of the molecule is CC(=O)C(C)[C@H](O)[C@@H](O)c1ccc(O)c(S)c1. The molecule has 0 fully saturated rings. The maximum absolute atomic E-state index is 11.1. The molecular weight excluding hydrogens is 240 g/mol. The van der Waals surface area contributed by atoms with E-state index in [-0.39, 0.29) is 11.5 Å². The first kappa shape index (κ1) is 14.0. The second-order valence-electron chi connectivity index (χ2n) is 4.08. The van der Waals surface area contributed by atoms with Crippen LogP contribution in [-0.2, 0) is 4.79 Å². The van der Waals surface area contributed by atoms with Crippen LogP contribution in [0.1, 0.15) is 25.5 Å². The van der Waals surface area contributed by atoms with Crippen LogP contribution in [0.5, 0.6) is 5.75 Å². The highest BCUT2D eigenvalue weighted by atomic mass is 32.1. The van der Waals surface area contributed by atoms with Crippen LogP contribution in [-0.4, -0.2) is 27.2 Å². The summed E-state index contributed by atoms with van der Waals surface area (Å²) in [6.07, 6.45) is -2.36. The van der Waals surface area contributed by atoms with Crippen LogP contribution in [0.15, 0.2) is 23.1 Å². The molecule has 0 spiro atoms. The van der Waals surface area contributed by atoms with E-state index >= 15 is 0 Å². The van der Waals surface area contributed by atoms with Crippen molar-refractivity contribution in [1.29, 1.82) is 0 Å². The maximum Gasteiger partial charge on any atom is 0.135 e. The van der Waals surface area contributed by atoms with Gasteiger partial charge in [-0.25, -0.2) is 0 Å². The molecule has 1 aromatic rings. The number of phenolic OH excluding ortho intramolecular Hbond substituents is 1. The van der Waals surface area contributed by atoms with Gasteiger partial charge in [-0.15, -0.1) is 12.6 Å². The van der Waals surface area contributed by atoms with Crippen molar-refractivity contribution in [1.82, 2.24) is 0 Å². The standard InChI is InChI=1S/C12H16O4S/c1-6(7(2)13)11(15)12(16)8-3-4-9(14)10(17)5-8/h3-6,11-12,14-17H,1-2H3/t6?,11-,12-/m0/s1. The van der Waals surface area contributed by atoms with E-state index in [0.717, 1.165) is 0 Å². The van der Waals surface area contributed by atoms with E-state index in [1.165, 1.54) is 25.1 Å². The molecule has 94 valence electrons. The van der Waals surface area contributed by atoms with Gasteiger partial charge in [0.1, 0.15) is 17.6 Å². The summed E-state index contributed by atoms with van der Waals surface area (Å²) in [5, 5.41) is 29.0. The molecule has 0 saturated heterocycles. The monoisotopic (exact) mass is 256 g/mol. The van der Waals surface area contributed by atoms with Crippen molar-refractivity contribution >= 4 is 18.4 Å². The summed E-state index contributed by atoms with van der Waals surface area (Å²) >= 11 is 4.01. The number of phenols is 1. The normalized spacial score (nSPS) is 16.3. The van der Waals surface area contributed by atoms with E-state index in [1.54, 1.807) is 6.92 Å². The molecule has 4 nitrogen and oxygen atoms in total. The zero-order chi connectivity index (χ0) is 13.2. The van der Waals surface area contributed by atoms with Crippen molar-refractivity contribution in [3.05, 3.63) is 23.8 Å². The molecule has 3 N–H and O–H groups in total. The molecular formula is C12H16O4S. The molecule has 5 heteroatoms. The highest BCUT2D eigenvalue weighted by Gasteiger charge is 2.27. The maximum atomic E-state index is 11.1. The topological polar surface area (TPSA) is 77.8 Å². The summed E-state index contributed by atoms with van der Waals surface area (Å²) in [4.78, 5) is 11.4. The third-order valence-corrected chi connectivity index (χ3v) is 3.18. The van der Waals surface area contributed by atoms with Crippen molar-refractivity contribution in [2.75, 3.05) is 0 Å². The van der Waals surface area contributed by atoms with E-state index in [2.05, 4.69) is 12.6 Å². The molecule has 17 heavy (non-hydrogen) atoms. The first-order valence-corrected chi connectivity index (χ1v) is 5.67. The smallest absolute Gasteiger partial charge is 0.135 e. The summed E-state index contributed by atoms with van der Waals surface area (Å²) in [7, 11) is 0. The number of hydrogen-bond donors (Lipinski definition) is 4. The Kier molecular flexibility index (Phi) is 4.56. The second-order valence-corrected chi connectivity index (χ2v) is 4.56. The summed E-state index contributed by atoms with van der Waals surface area (Å²) in [5.41, 5.74) is 0.411. The quantitative estimate of drug-likeness (QED) is 0.612. The van der Waals surface area contributed by atoms with Crippen molar-refractivity contribution in [3.8, 4) is 5.75 Å². The molecule has 1 rings (SSSR count). The van der Waals surface area contributed by atoms with Gasteiger partial charge in [-0.1, -0.05) is 13.0 Å². The molecule has 0 aliphatic heterocycles. The number of ketones is 1. The Morgan fingerprint density at radius 3 is 2.41 bits per heavy atom. The lowest BCUT2D eigenvalue weighted by atomic mass is 9.92. The summed E-state index contributed by atoms with van der Waals surface area (Å²) in [6.45, 7) is 2.92. The molecule has 0 amide bonds. The largest absolute Gasteiger partial charge is 0.507 e. The van der Waals surface area contributed by atoms with Gasteiger partial charge in [-0.2, -0.15) is 0 Å². The van der Waals surface area contributed by atoms with Gasteiger partial charge in [-0.05, 0) is 24.6 Å². The lowest BCUT2D eigenvalue weighted by molar-refractivity contribution is -0.126. The average molecular weight is 256 g/mol.